The van der Waals surface area contributed by atoms with E-state index in [0.717, 1.165) is 28.9 Å². The number of rotatable bonds is 3. The van der Waals surface area contributed by atoms with E-state index < -0.39 is 23.7 Å². The number of carbonyl (C=O) groups excluding carboxylic acids is 2. The van der Waals surface area contributed by atoms with Gasteiger partial charge in [-0.1, -0.05) is 0 Å². The number of hydrogen-bond acceptors (Lipinski definition) is 3. The fourth-order valence-electron chi connectivity index (χ4n) is 2.80. The molecule has 0 aromatic heterocycles. The normalized spacial score (nSPS) is 16.2. The van der Waals surface area contributed by atoms with E-state index in [0.29, 0.717) is 5.69 Å². The quantitative estimate of drug-likeness (QED) is 0.755. The third-order valence-electron chi connectivity index (χ3n) is 4.42. The van der Waals surface area contributed by atoms with Gasteiger partial charge in [-0.15, -0.1) is 0 Å². The maximum absolute atomic E-state index is 12.6. The standard InChI is InChI=1S/C19H18F3N3O2/c1-10-7-14-15(8-11(10)2)25-18(27)16(24-14)9-17(26)23-13-5-3-12(4-6-13)19(20,21)22/h3-8,16,24H,9H2,1-2H3,(H,23,26)(H,25,27). The van der Waals surface area contributed by atoms with Crippen molar-refractivity contribution in [1.29, 1.82) is 0 Å². The van der Waals surface area contributed by atoms with Crippen molar-refractivity contribution in [3.05, 3.63) is 53.1 Å². The molecule has 2 amide bonds. The SMILES string of the molecule is Cc1cc2c(cc1C)NC(CC(=O)Nc1ccc(C(F)(F)F)cc1)C(=O)N2. The highest BCUT2D eigenvalue weighted by Crippen LogP contribution is 2.31. The van der Waals surface area contributed by atoms with Crippen molar-refractivity contribution in [1.82, 2.24) is 0 Å². The molecule has 0 saturated heterocycles. The Morgan fingerprint density at radius 1 is 1.07 bits per heavy atom. The largest absolute Gasteiger partial charge is 0.416 e. The van der Waals surface area contributed by atoms with Crippen LogP contribution >= 0.6 is 0 Å². The summed E-state index contributed by atoms with van der Waals surface area (Å²) in [5, 5.41) is 8.31. The molecule has 0 radical (unpaired) electrons. The molecule has 1 atom stereocenters. The van der Waals surface area contributed by atoms with Crippen LogP contribution in [0.15, 0.2) is 36.4 Å². The lowest BCUT2D eigenvalue weighted by Crippen LogP contribution is -2.41. The molecule has 0 aliphatic carbocycles. The maximum Gasteiger partial charge on any atom is 0.416 e. The third-order valence-corrected chi connectivity index (χ3v) is 4.42. The van der Waals surface area contributed by atoms with E-state index in [2.05, 4.69) is 16.0 Å². The molecule has 0 saturated carbocycles. The van der Waals surface area contributed by atoms with Crippen LogP contribution in [0.3, 0.4) is 0 Å². The Morgan fingerprint density at radius 2 is 1.67 bits per heavy atom. The number of aryl methyl sites for hydroxylation is 2. The van der Waals surface area contributed by atoms with E-state index >= 15 is 0 Å². The summed E-state index contributed by atoms with van der Waals surface area (Å²) in [6, 6.07) is 7.12. The van der Waals surface area contributed by atoms with Crippen LogP contribution in [0.4, 0.5) is 30.2 Å². The smallest absolute Gasteiger partial charge is 0.372 e. The summed E-state index contributed by atoms with van der Waals surface area (Å²) in [6.07, 6.45) is -4.59. The highest BCUT2D eigenvalue weighted by molar-refractivity contribution is 6.06. The molecule has 3 rings (SSSR count). The predicted molar refractivity (Wildman–Crippen MR) is 96.6 cm³/mol. The van der Waals surface area contributed by atoms with Gasteiger partial charge in [0, 0.05) is 5.69 Å². The average Bonchev–Trinajstić information content (AvgIpc) is 2.57. The summed E-state index contributed by atoms with van der Waals surface area (Å²) in [4.78, 5) is 24.4. The molecular weight excluding hydrogens is 359 g/mol. The zero-order valence-electron chi connectivity index (χ0n) is 14.7. The zero-order chi connectivity index (χ0) is 19.8. The molecule has 5 nitrogen and oxygen atoms in total. The second kappa shape index (κ2) is 6.94. The first-order valence-corrected chi connectivity index (χ1v) is 8.29. The highest BCUT2D eigenvalue weighted by atomic mass is 19.4. The van der Waals surface area contributed by atoms with Gasteiger partial charge in [0.1, 0.15) is 6.04 Å². The Hall–Kier alpha value is -3.03. The van der Waals surface area contributed by atoms with Crippen LogP contribution in [0.25, 0.3) is 0 Å². The van der Waals surface area contributed by atoms with Crippen LogP contribution < -0.4 is 16.0 Å². The molecule has 27 heavy (non-hydrogen) atoms. The summed E-state index contributed by atoms with van der Waals surface area (Å²) >= 11 is 0. The minimum atomic E-state index is -4.43. The van der Waals surface area contributed by atoms with E-state index in [1.807, 2.05) is 26.0 Å². The Morgan fingerprint density at radius 3 is 2.26 bits per heavy atom. The van der Waals surface area contributed by atoms with Crippen LogP contribution in [0, 0.1) is 13.8 Å². The van der Waals surface area contributed by atoms with Gasteiger partial charge in [0.15, 0.2) is 0 Å². The Kier molecular flexibility index (Phi) is 4.82. The van der Waals surface area contributed by atoms with Crippen molar-refractivity contribution < 1.29 is 22.8 Å². The average molecular weight is 377 g/mol. The lowest BCUT2D eigenvalue weighted by atomic mass is 10.0. The number of fused-ring (bicyclic) bond motifs is 1. The lowest BCUT2D eigenvalue weighted by molar-refractivity contribution is -0.137. The van der Waals surface area contributed by atoms with E-state index in [-0.39, 0.29) is 18.0 Å². The molecule has 2 aromatic carbocycles. The van der Waals surface area contributed by atoms with Gasteiger partial charge in [-0.05, 0) is 61.4 Å². The predicted octanol–water partition coefficient (Wildman–Crippen LogP) is 4.08. The summed E-state index contributed by atoms with van der Waals surface area (Å²) < 4.78 is 37.7. The van der Waals surface area contributed by atoms with Gasteiger partial charge in [-0.25, -0.2) is 0 Å². The Bertz CT molecular complexity index is 892. The molecule has 1 unspecified atom stereocenters. The van der Waals surface area contributed by atoms with Crippen molar-refractivity contribution in [2.24, 2.45) is 0 Å². The van der Waals surface area contributed by atoms with Crippen LogP contribution in [0.5, 0.6) is 0 Å². The van der Waals surface area contributed by atoms with Gasteiger partial charge in [-0.3, -0.25) is 9.59 Å². The lowest BCUT2D eigenvalue weighted by Gasteiger charge is -2.27. The number of amides is 2. The molecule has 8 heteroatoms. The first-order chi connectivity index (χ1) is 12.6. The van der Waals surface area contributed by atoms with Gasteiger partial charge in [0.05, 0.1) is 23.4 Å². The molecule has 0 spiro atoms. The molecule has 1 heterocycles. The first-order valence-electron chi connectivity index (χ1n) is 8.29. The van der Waals surface area contributed by atoms with E-state index in [9.17, 15) is 22.8 Å². The van der Waals surface area contributed by atoms with E-state index in [1.54, 1.807) is 0 Å². The molecule has 0 bridgehead atoms. The molecule has 2 aromatic rings. The number of nitrogens with one attached hydrogen (secondary N) is 3. The second-order valence-electron chi connectivity index (χ2n) is 6.50. The van der Waals surface area contributed by atoms with Crippen molar-refractivity contribution >= 4 is 28.9 Å². The molecular formula is C19H18F3N3O2. The van der Waals surface area contributed by atoms with Gasteiger partial charge in [0.25, 0.3) is 0 Å². The van der Waals surface area contributed by atoms with Crippen LogP contribution in [-0.2, 0) is 15.8 Å². The summed E-state index contributed by atoms with van der Waals surface area (Å²) in [6.45, 7) is 3.88. The fraction of sp³-hybridized carbons (Fsp3) is 0.263. The third kappa shape index (κ3) is 4.21. The Balaban J connectivity index is 1.65. The van der Waals surface area contributed by atoms with E-state index in [4.69, 9.17) is 0 Å². The maximum atomic E-state index is 12.6. The first kappa shape index (κ1) is 18.8. The zero-order valence-corrected chi connectivity index (χ0v) is 14.7. The van der Waals surface area contributed by atoms with Crippen LogP contribution in [-0.4, -0.2) is 17.9 Å². The van der Waals surface area contributed by atoms with Gasteiger partial charge < -0.3 is 16.0 Å². The molecule has 3 N–H and O–H groups in total. The molecule has 142 valence electrons. The number of carbonyl (C=O) groups is 2. The molecule has 1 aliphatic rings. The number of benzene rings is 2. The number of anilines is 3. The van der Waals surface area contributed by atoms with Crippen molar-refractivity contribution in [2.75, 3.05) is 16.0 Å². The monoisotopic (exact) mass is 377 g/mol. The number of alkyl halides is 3. The van der Waals surface area contributed by atoms with E-state index in [1.165, 1.54) is 12.1 Å². The highest BCUT2D eigenvalue weighted by Gasteiger charge is 2.30. The summed E-state index contributed by atoms with van der Waals surface area (Å²) in [5.74, 6) is -0.817. The molecule has 1 aliphatic heterocycles. The number of halogens is 3. The summed E-state index contributed by atoms with van der Waals surface area (Å²) in [7, 11) is 0. The minimum Gasteiger partial charge on any atom is -0.372 e. The van der Waals surface area contributed by atoms with Crippen LogP contribution in [0.1, 0.15) is 23.1 Å². The van der Waals surface area contributed by atoms with Crippen molar-refractivity contribution in [3.8, 4) is 0 Å². The van der Waals surface area contributed by atoms with Crippen LogP contribution in [0.2, 0.25) is 0 Å². The topological polar surface area (TPSA) is 70.2 Å². The van der Waals surface area contributed by atoms with Gasteiger partial charge in [-0.2, -0.15) is 13.2 Å². The number of hydrogen-bond donors (Lipinski definition) is 3. The van der Waals surface area contributed by atoms with Gasteiger partial charge >= 0.3 is 6.18 Å². The van der Waals surface area contributed by atoms with Crippen molar-refractivity contribution in [2.45, 2.75) is 32.5 Å². The minimum absolute atomic E-state index is 0.154. The molecule has 0 fully saturated rings. The summed E-state index contributed by atoms with van der Waals surface area (Å²) in [5.41, 5.74) is 2.90. The van der Waals surface area contributed by atoms with Crippen molar-refractivity contribution in [3.63, 3.8) is 0 Å². The second-order valence-corrected chi connectivity index (χ2v) is 6.50. The Labute approximate surface area is 154 Å². The fourth-order valence-corrected chi connectivity index (χ4v) is 2.80. The van der Waals surface area contributed by atoms with Gasteiger partial charge in [0.2, 0.25) is 11.8 Å².